The van der Waals surface area contributed by atoms with Gasteiger partial charge in [-0.25, -0.2) is 0 Å². The Balaban J connectivity index is 1.66. The lowest BCUT2D eigenvalue weighted by Gasteiger charge is -2.30. The zero-order valence-corrected chi connectivity index (χ0v) is 16.3. The van der Waals surface area contributed by atoms with Gasteiger partial charge in [-0.2, -0.15) is 0 Å². The van der Waals surface area contributed by atoms with Crippen molar-refractivity contribution in [2.24, 2.45) is 0 Å². The van der Waals surface area contributed by atoms with Gasteiger partial charge in [-0.05, 0) is 49.5 Å². The smallest absolute Gasteiger partial charge is 0.238 e. The highest BCUT2D eigenvalue weighted by atomic mass is 16.2. The summed E-state index contributed by atoms with van der Waals surface area (Å²) in [6.07, 6.45) is 2.56. The van der Waals surface area contributed by atoms with Crippen LogP contribution in [0.1, 0.15) is 30.4 Å². The van der Waals surface area contributed by atoms with Crippen LogP contribution < -0.4 is 15.5 Å². The van der Waals surface area contributed by atoms with Crippen LogP contribution in [0.3, 0.4) is 0 Å². The number of hydrogen-bond acceptors (Lipinski definition) is 3. The summed E-state index contributed by atoms with van der Waals surface area (Å²) < 4.78 is 0. The van der Waals surface area contributed by atoms with E-state index in [1.54, 1.807) is 11.9 Å². The lowest BCUT2D eigenvalue weighted by atomic mass is 9.73. The highest BCUT2D eigenvalue weighted by Crippen LogP contribution is 2.45. The number of para-hydroxylation sites is 1. The molecule has 2 aliphatic heterocycles. The zero-order valence-electron chi connectivity index (χ0n) is 16.3. The molecule has 1 fully saturated rings. The topological polar surface area (TPSA) is 61.4 Å². The Kier molecular flexibility index (Phi) is 5.18. The summed E-state index contributed by atoms with van der Waals surface area (Å²) in [5, 5.41) is 6.49. The first-order valence-corrected chi connectivity index (χ1v) is 10.0. The molecule has 2 aromatic rings. The van der Waals surface area contributed by atoms with Gasteiger partial charge in [0.05, 0.1) is 5.41 Å². The van der Waals surface area contributed by atoms with Gasteiger partial charge in [-0.1, -0.05) is 48.5 Å². The van der Waals surface area contributed by atoms with E-state index in [0.29, 0.717) is 6.42 Å². The van der Waals surface area contributed by atoms with E-state index in [9.17, 15) is 9.59 Å². The average molecular weight is 377 g/mol. The minimum Gasteiger partial charge on any atom is -0.353 e. The molecule has 2 heterocycles. The number of piperidine rings is 1. The van der Waals surface area contributed by atoms with Crippen molar-refractivity contribution in [2.75, 3.05) is 25.0 Å². The molecule has 4 rings (SSSR count). The summed E-state index contributed by atoms with van der Waals surface area (Å²) >= 11 is 0. The van der Waals surface area contributed by atoms with Gasteiger partial charge in [0.1, 0.15) is 0 Å². The van der Waals surface area contributed by atoms with Gasteiger partial charge in [-0.15, -0.1) is 0 Å². The van der Waals surface area contributed by atoms with E-state index in [0.717, 1.165) is 42.7 Å². The van der Waals surface area contributed by atoms with Gasteiger partial charge >= 0.3 is 0 Å². The molecular weight excluding hydrogens is 350 g/mol. The molecule has 146 valence electrons. The first-order chi connectivity index (χ1) is 13.6. The number of hydrogen-bond donors (Lipinski definition) is 2. The molecule has 0 spiro atoms. The van der Waals surface area contributed by atoms with Gasteiger partial charge in [0, 0.05) is 25.2 Å². The molecule has 0 bridgehead atoms. The largest absolute Gasteiger partial charge is 0.353 e. The van der Waals surface area contributed by atoms with Crippen molar-refractivity contribution in [3.05, 3.63) is 65.7 Å². The fraction of sp³-hybridized carbons (Fsp3) is 0.391. The van der Waals surface area contributed by atoms with Gasteiger partial charge in [0.15, 0.2) is 0 Å². The Hall–Kier alpha value is -2.66. The Bertz CT molecular complexity index is 861. The summed E-state index contributed by atoms with van der Waals surface area (Å²) in [7, 11) is 1.80. The normalized spacial score (nSPS) is 22.2. The highest BCUT2D eigenvalue weighted by molar-refractivity contribution is 6.09. The van der Waals surface area contributed by atoms with Gasteiger partial charge in [0.25, 0.3) is 0 Å². The Morgan fingerprint density at radius 2 is 1.79 bits per heavy atom. The molecule has 0 unspecified atom stereocenters. The molecule has 0 aromatic heterocycles. The van der Waals surface area contributed by atoms with E-state index in [2.05, 4.69) is 10.6 Å². The monoisotopic (exact) mass is 377 g/mol. The summed E-state index contributed by atoms with van der Waals surface area (Å²) in [4.78, 5) is 28.2. The third-order valence-corrected chi connectivity index (χ3v) is 6.01. The lowest BCUT2D eigenvalue weighted by molar-refractivity contribution is -0.130. The van der Waals surface area contributed by atoms with Crippen LogP contribution in [0.4, 0.5) is 5.69 Å². The maximum absolute atomic E-state index is 13.5. The fourth-order valence-electron chi connectivity index (χ4n) is 4.58. The molecular formula is C23H27N3O2. The van der Waals surface area contributed by atoms with Crippen molar-refractivity contribution in [1.29, 1.82) is 0 Å². The quantitative estimate of drug-likeness (QED) is 0.841. The number of carbonyl (C=O) groups is 2. The van der Waals surface area contributed by atoms with Crippen molar-refractivity contribution in [3.63, 3.8) is 0 Å². The predicted molar refractivity (Wildman–Crippen MR) is 110 cm³/mol. The summed E-state index contributed by atoms with van der Waals surface area (Å²) in [5.41, 5.74) is 2.06. The van der Waals surface area contributed by atoms with Crippen molar-refractivity contribution in [1.82, 2.24) is 10.6 Å². The number of anilines is 1. The molecule has 2 amide bonds. The number of nitrogens with zero attached hydrogens (tertiary/aromatic N) is 1. The van der Waals surface area contributed by atoms with Crippen LogP contribution in [0.2, 0.25) is 0 Å². The second kappa shape index (κ2) is 7.76. The molecule has 1 saturated heterocycles. The molecule has 2 aliphatic rings. The highest BCUT2D eigenvalue weighted by Gasteiger charge is 2.50. The third kappa shape index (κ3) is 3.42. The minimum atomic E-state index is -0.857. The average Bonchev–Trinajstić information content (AvgIpc) is 2.92. The number of amides is 2. The second-order valence-electron chi connectivity index (χ2n) is 7.89. The first kappa shape index (κ1) is 18.7. The van der Waals surface area contributed by atoms with Crippen LogP contribution in [0.5, 0.6) is 0 Å². The molecule has 0 radical (unpaired) electrons. The summed E-state index contributed by atoms with van der Waals surface area (Å²) in [6.45, 7) is 1.84. The van der Waals surface area contributed by atoms with Crippen LogP contribution in [0, 0.1) is 0 Å². The standard InChI is InChI=1S/C23H27N3O2/c1-26-20-10-6-5-9-19(20)23(22(26)28,15-17-7-3-2-4-8-17)16-21(27)25-18-11-13-24-14-12-18/h2-10,18,24H,11-16H2,1H3,(H,25,27)/t23-/m0/s1. The van der Waals surface area contributed by atoms with Gasteiger partial charge < -0.3 is 15.5 Å². The number of fused-ring (bicyclic) bond motifs is 1. The molecule has 1 atom stereocenters. The van der Waals surface area contributed by atoms with Crippen molar-refractivity contribution in [3.8, 4) is 0 Å². The Morgan fingerprint density at radius 3 is 2.54 bits per heavy atom. The minimum absolute atomic E-state index is 0.00184. The van der Waals surface area contributed by atoms with E-state index in [4.69, 9.17) is 0 Å². The zero-order chi connectivity index (χ0) is 19.6. The third-order valence-electron chi connectivity index (χ3n) is 6.01. The van der Waals surface area contributed by atoms with Crippen molar-refractivity contribution >= 4 is 17.5 Å². The van der Waals surface area contributed by atoms with E-state index >= 15 is 0 Å². The fourth-order valence-corrected chi connectivity index (χ4v) is 4.58. The van der Waals surface area contributed by atoms with Crippen LogP contribution in [-0.4, -0.2) is 38.0 Å². The number of carbonyl (C=O) groups excluding carboxylic acids is 2. The van der Waals surface area contributed by atoms with Crippen LogP contribution in [0.15, 0.2) is 54.6 Å². The number of benzene rings is 2. The maximum atomic E-state index is 13.5. The van der Waals surface area contributed by atoms with E-state index in [-0.39, 0.29) is 24.3 Å². The van der Waals surface area contributed by atoms with Crippen LogP contribution in [-0.2, 0) is 21.4 Å². The van der Waals surface area contributed by atoms with Crippen LogP contribution in [0.25, 0.3) is 0 Å². The molecule has 5 heteroatoms. The summed E-state index contributed by atoms with van der Waals surface area (Å²) in [5.74, 6) is -0.0423. The molecule has 0 saturated carbocycles. The lowest BCUT2D eigenvalue weighted by Crippen LogP contribution is -2.48. The molecule has 5 nitrogen and oxygen atoms in total. The van der Waals surface area contributed by atoms with Gasteiger partial charge in [-0.3, -0.25) is 9.59 Å². The number of rotatable bonds is 5. The maximum Gasteiger partial charge on any atom is 0.238 e. The molecule has 28 heavy (non-hydrogen) atoms. The van der Waals surface area contributed by atoms with Crippen LogP contribution >= 0.6 is 0 Å². The second-order valence-corrected chi connectivity index (χ2v) is 7.89. The first-order valence-electron chi connectivity index (χ1n) is 10.0. The molecule has 0 aliphatic carbocycles. The molecule has 2 N–H and O–H groups in total. The predicted octanol–water partition coefficient (Wildman–Crippen LogP) is 2.40. The summed E-state index contributed by atoms with van der Waals surface area (Å²) in [6, 6.07) is 18.0. The Labute approximate surface area is 166 Å². The van der Waals surface area contributed by atoms with E-state index in [1.165, 1.54) is 0 Å². The number of likely N-dealkylation sites (N-methyl/N-ethyl adjacent to an activating group) is 1. The molecule has 2 aromatic carbocycles. The van der Waals surface area contributed by atoms with Crippen molar-refractivity contribution < 1.29 is 9.59 Å². The van der Waals surface area contributed by atoms with Gasteiger partial charge in [0.2, 0.25) is 11.8 Å². The number of nitrogens with one attached hydrogen (secondary N) is 2. The van der Waals surface area contributed by atoms with E-state index in [1.807, 2.05) is 54.6 Å². The Morgan fingerprint density at radius 1 is 1.11 bits per heavy atom. The van der Waals surface area contributed by atoms with E-state index < -0.39 is 5.41 Å². The van der Waals surface area contributed by atoms with Crippen molar-refractivity contribution in [2.45, 2.75) is 37.1 Å². The SMILES string of the molecule is CN1C(=O)[C@](CC(=O)NC2CCNCC2)(Cc2ccccc2)c2ccccc21.